The van der Waals surface area contributed by atoms with Gasteiger partial charge in [0.05, 0.1) is 5.41 Å². The summed E-state index contributed by atoms with van der Waals surface area (Å²) in [5.41, 5.74) is 2.23. The minimum absolute atomic E-state index is 0.0470. The van der Waals surface area contributed by atoms with Gasteiger partial charge in [-0.25, -0.2) is 0 Å². The van der Waals surface area contributed by atoms with E-state index in [2.05, 4.69) is 44.3 Å². The lowest BCUT2D eigenvalue weighted by molar-refractivity contribution is -0.140. The first-order valence-electron chi connectivity index (χ1n) is 9.27. The Bertz CT molecular complexity index is 590. The van der Waals surface area contributed by atoms with Crippen LogP contribution in [0, 0.1) is 23.2 Å². The van der Waals surface area contributed by atoms with Crippen LogP contribution in [0.3, 0.4) is 0 Å². The lowest BCUT2D eigenvalue weighted by Crippen LogP contribution is -2.51. The molecule has 0 spiro atoms. The van der Waals surface area contributed by atoms with Crippen LogP contribution in [0.1, 0.15) is 64.9 Å². The van der Waals surface area contributed by atoms with Crippen LogP contribution < -0.4 is 5.32 Å². The smallest absolute Gasteiger partial charge is 0.230 e. The Morgan fingerprint density at radius 2 is 1.52 bits per heavy atom. The number of carbonyl (C=O) groups excluding carboxylic acids is 1. The molecule has 0 heterocycles. The molecule has 4 fully saturated rings. The van der Waals surface area contributed by atoms with Gasteiger partial charge >= 0.3 is 0 Å². The Hall–Kier alpha value is -1.31. The zero-order valence-corrected chi connectivity index (χ0v) is 14.7. The number of anilines is 1. The molecule has 0 radical (unpaired) electrons. The SMILES string of the molecule is CC(C)(C)c1ccccc1NC(=O)C12CC3CC(CC(C3)C1)C2. The second-order valence-corrected chi connectivity index (χ2v) is 9.45. The fraction of sp³-hybridized carbons (Fsp3) is 0.667. The lowest BCUT2D eigenvalue weighted by Gasteiger charge is -2.55. The molecule has 0 aliphatic heterocycles. The fourth-order valence-electron chi connectivity index (χ4n) is 5.89. The van der Waals surface area contributed by atoms with Crippen molar-refractivity contribution < 1.29 is 4.79 Å². The maximum absolute atomic E-state index is 13.2. The van der Waals surface area contributed by atoms with Gasteiger partial charge in [0.25, 0.3) is 0 Å². The van der Waals surface area contributed by atoms with Crippen molar-refractivity contribution in [3.63, 3.8) is 0 Å². The van der Waals surface area contributed by atoms with E-state index in [0.717, 1.165) is 42.7 Å². The summed E-state index contributed by atoms with van der Waals surface area (Å²) in [6.45, 7) is 6.63. The summed E-state index contributed by atoms with van der Waals surface area (Å²) < 4.78 is 0. The summed E-state index contributed by atoms with van der Waals surface area (Å²) in [5.74, 6) is 2.73. The van der Waals surface area contributed by atoms with Gasteiger partial charge in [0.1, 0.15) is 0 Å². The van der Waals surface area contributed by atoms with Crippen LogP contribution in [-0.2, 0) is 10.2 Å². The van der Waals surface area contributed by atoms with E-state index < -0.39 is 0 Å². The Kier molecular flexibility index (Phi) is 3.37. The van der Waals surface area contributed by atoms with Crippen LogP contribution in [-0.4, -0.2) is 5.91 Å². The molecule has 0 atom stereocenters. The number of rotatable bonds is 2. The summed E-state index contributed by atoms with van der Waals surface area (Å²) in [6.07, 6.45) is 7.52. The van der Waals surface area contributed by atoms with E-state index in [9.17, 15) is 4.79 Å². The van der Waals surface area contributed by atoms with E-state index >= 15 is 0 Å². The Morgan fingerprint density at radius 1 is 1.00 bits per heavy atom. The Labute approximate surface area is 140 Å². The maximum Gasteiger partial charge on any atom is 0.230 e. The van der Waals surface area contributed by atoms with Crippen molar-refractivity contribution >= 4 is 11.6 Å². The molecule has 4 aliphatic carbocycles. The van der Waals surface area contributed by atoms with Gasteiger partial charge in [0.2, 0.25) is 5.91 Å². The molecule has 2 heteroatoms. The third-order valence-corrected chi connectivity index (χ3v) is 6.50. The topological polar surface area (TPSA) is 29.1 Å². The van der Waals surface area contributed by atoms with Gasteiger partial charge in [0, 0.05) is 5.69 Å². The van der Waals surface area contributed by atoms with Crippen molar-refractivity contribution in [2.45, 2.75) is 64.7 Å². The molecule has 0 aromatic heterocycles. The third kappa shape index (κ3) is 2.60. The Morgan fingerprint density at radius 3 is 2.04 bits per heavy atom. The monoisotopic (exact) mass is 311 g/mol. The van der Waals surface area contributed by atoms with Crippen molar-refractivity contribution in [1.29, 1.82) is 0 Å². The highest BCUT2D eigenvalue weighted by atomic mass is 16.2. The van der Waals surface area contributed by atoms with Crippen LogP contribution in [0.4, 0.5) is 5.69 Å². The van der Waals surface area contributed by atoms with Gasteiger partial charge in [0.15, 0.2) is 0 Å². The highest BCUT2D eigenvalue weighted by molar-refractivity contribution is 5.96. The molecular formula is C21H29NO. The molecular weight excluding hydrogens is 282 g/mol. The van der Waals surface area contributed by atoms with Crippen molar-refractivity contribution in [3.05, 3.63) is 29.8 Å². The van der Waals surface area contributed by atoms with Gasteiger partial charge in [-0.1, -0.05) is 39.0 Å². The number of nitrogens with one attached hydrogen (secondary N) is 1. The first-order valence-corrected chi connectivity index (χ1v) is 9.27. The van der Waals surface area contributed by atoms with Crippen molar-refractivity contribution in [3.8, 4) is 0 Å². The predicted molar refractivity (Wildman–Crippen MR) is 94.4 cm³/mol. The molecule has 4 saturated carbocycles. The fourth-order valence-corrected chi connectivity index (χ4v) is 5.89. The summed E-state index contributed by atoms with van der Waals surface area (Å²) >= 11 is 0. The van der Waals surface area contributed by atoms with E-state index in [1.165, 1.54) is 24.8 Å². The van der Waals surface area contributed by atoms with Gasteiger partial charge in [-0.05, 0) is 73.3 Å². The molecule has 0 unspecified atom stereocenters. The highest BCUT2D eigenvalue weighted by Gasteiger charge is 2.54. The number of carbonyl (C=O) groups is 1. The largest absolute Gasteiger partial charge is 0.325 e. The molecule has 5 rings (SSSR count). The minimum Gasteiger partial charge on any atom is -0.325 e. The first kappa shape index (κ1) is 15.2. The number of hydrogen-bond donors (Lipinski definition) is 1. The summed E-state index contributed by atoms with van der Waals surface area (Å²) in [6, 6.07) is 8.32. The van der Waals surface area contributed by atoms with Crippen LogP contribution in [0.2, 0.25) is 0 Å². The van der Waals surface area contributed by atoms with E-state index in [-0.39, 0.29) is 10.8 Å². The average Bonchev–Trinajstić information content (AvgIpc) is 2.45. The predicted octanol–water partition coefficient (Wildman–Crippen LogP) is 5.14. The van der Waals surface area contributed by atoms with E-state index in [0.29, 0.717) is 5.91 Å². The van der Waals surface area contributed by atoms with Crippen molar-refractivity contribution in [2.75, 3.05) is 5.32 Å². The van der Waals surface area contributed by atoms with E-state index in [4.69, 9.17) is 0 Å². The number of hydrogen-bond acceptors (Lipinski definition) is 1. The van der Waals surface area contributed by atoms with Gasteiger partial charge in [-0.3, -0.25) is 4.79 Å². The summed E-state index contributed by atoms with van der Waals surface area (Å²) in [7, 11) is 0. The maximum atomic E-state index is 13.2. The highest BCUT2D eigenvalue weighted by Crippen LogP contribution is 2.60. The van der Waals surface area contributed by atoms with E-state index in [1.807, 2.05) is 6.07 Å². The molecule has 124 valence electrons. The molecule has 4 bridgehead atoms. The van der Waals surface area contributed by atoms with Gasteiger partial charge in [-0.15, -0.1) is 0 Å². The lowest BCUT2D eigenvalue weighted by atomic mass is 9.49. The molecule has 2 nitrogen and oxygen atoms in total. The van der Waals surface area contributed by atoms with Crippen LogP contribution >= 0.6 is 0 Å². The molecule has 23 heavy (non-hydrogen) atoms. The number of para-hydroxylation sites is 1. The normalized spacial score (nSPS) is 35.3. The van der Waals surface area contributed by atoms with Crippen molar-refractivity contribution in [2.24, 2.45) is 23.2 Å². The molecule has 1 N–H and O–H groups in total. The van der Waals surface area contributed by atoms with Gasteiger partial charge < -0.3 is 5.32 Å². The number of amides is 1. The average molecular weight is 311 g/mol. The summed E-state index contributed by atoms with van der Waals surface area (Å²) in [4.78, 5) is 13.2. The van der Waals surface area contributed by atoms with Crippen LogP contribution in [0.5, 0.6) is 0 Å². The molecule has 1 aromatic rings. The molecule has 1 amide bonds. The van der Waals surface area contributed by atoms with E-state index in [1.54, 1.807) is 0 Å². The van der Waals surface area contributed by atoms with Crippen LogP contribution in [0.25, 0.3) is 0 Å². The Balaban J connectivity index is 1.60. The summed E-state index contributed by atoms with van der Waals surface area (Å²) in [5, 5.41) is 3.34. The third-order valence-electron chi connectivity index (χ3n) is 6.50. The van der Waals surface area contributed by atoms with Gasteiger partial charge in [-0.2, -0.15) is 0 Å². The van der Waals surface area contributed by atoms with Crippen LogP contribution in [0.15, 0.2) is 24.3 Å². The molecule has 4 aliphatic rings. The van der Waals surface area contributed by atoms with Crippen molar-refractivity contribution in [1.82, 2.24) is 0 Å². The second-order valence-electron chi connectivity index (χ2n) is 9.45. The molecule has 1 aromatic carbocycles. The quantitative estimate of drug-likeness (QED) is 0.805. The zero-order chi connectivity index (χ0) is 16.2. The molecule has 0 saturated heterocycles. The zero-order valence-electron chi connectivity index (χ0n) is 14.7. The first-order chi connectivity index (χ1) is 10.9. The second kappa shape index (κ2) is 5.09. The minimum atomic E-state index is -0.0697. The standard InChI is InChI=1S/C21H29NO/c1-20(2,3)17-6-4-5-7-18(17)22-19(23)21-11-14-8-15(12-21)10-16(9-14)13-21/h4-7,14-16H,8-13H2,1-3H3,(H,22,23). The number of benzene rings is 1.